The van der Waals surface area contributed by atoms with E-state index in [1.165, 1.54) is 12.7 Å². The van der Waals surface area contributed by atoms with Crippen molar-refractivity contribution in [2.45, 2.75) is 13.8 Å². The summed E-state index contributed by atoms with van der Waals surface area (Å²) in [6.45, 7) is 3.28. The Hall–Kier alpha value is -2.92. The second-order valence-corrected chi connectivity index (χ2v) is 2.54. The summed E-state index contributed by atoms with van der Waals surface area (Å²) in [6, 6.07) is 0. The largest absolute Gasteiger partial charge is 0.339 e. The lowest BCUT2D eigenvalue weighted by molar-refractivity contribution is -0.116. The van der Waals surface area contributed by atoms with Gasteiger partial charge < -0.3 is 10.2 Å². The van der Waals surface area contributed by atoms with Gasteiger partial charge in [-0.2, -0.15) is 10.4 Å². The molecular weight excluding hydrogens is 240 g/mol. The van der Waals surface area contributed by atoms with Gasteiger partial charge in [-0.05, 0) is 12.7 Å². The van der Waals surface area contributed by atoms with Crippen LogP contribution in [0.15, 0.2) is 12.7 Å². The fraction of sp³-hybridized carbons (Fsp3) is 0.333. The molecule has 0 spiro atoms. The topological polar surface area (TPSA) is 209 Å². The Morgan fingerprint density at radius 1 is 0.889 bits per heavy atom. The van der Waals surface area contributed by atoms with Crippen LogP contribution in [0, 0.1) is 0 Å². The van der Waals surface area contributed by atoms with E-state index >= 15 is 0 Å². The van der Waals surface area contributed by atoms with Gasteiger partial charge in [-0.25, -0.2) is 0 Å². The molecule has 18 heavy (non-hydrogen) atoms. The number of tetrazole rings is 2. The molecular formula is C6H16N12. The van der Waals surface area contributed by atoms with Gasteiger partial charge in [-0.1, -0.05) is 0 Å². The molecule has 2 aromatic heterocycles. The van der Waals surface area contributed by atoms with Gasteiger partial charge in [0.1, 0.15) is 0 Å². The molecule has 0 fully saturated rings. The average molecular weight is 256 g/mol. The molecule has 0 unspecified atom stereocenters. The van der Waals surface area contributed by atoms with Crippen LogP contribution in [-0.2, 0) is 0 Å². The third kappa shape index (κ3) is 38.1. The highest BCUT2D eigenvalue weighted by Gasteiger charge is 1.64. The van der Waals surface area contributed by atoms with Gasteiger partial charge in [0.2, 0.25) is 11.7 Å². The normalized spacial score (nSPS) is 7.22. The SMILES string of the molecule is CC(N)=[NH2+].CC(N)=[NH2+].c1nnn[n-]1.c1nnn[n-]1. The van der Waals surface area contributed by atoms with Gasteiger partial charge in [-0.3, -0.25) is 42.9 Å². The Kier molecular flexibility index (Phi) is 13.7. The summed E-state index contributed by atoms with van der Waals surface area (Å²) in [7, 11) is 0. The number of nitrogens with two attached hydrogens (primary N) is 4. The van der Waals surface area contributed by atoms with Crippen molar-refractivity contribution >= 4 is 11.7 Å². The van der Waals surface area contributed by atoms with Gasteiger partial charge in [0.25, 0.3) is 0 Å². The molecule has 0 saturated heterocycles. The number of hydrogen-bond acceptors (Lipinski definition) is 6. The molecule has 12 heteroatoms. The maximum Gasteiger partial charge on any atom is 0.235 e. The fourth-order valence-electron chi connectivity index (χ4n) is 0.231. The molecule has 0 saturated carbocycles. The van der Waals surface area contributed by atoms with E-state index in [0.29, 0.717) is 11.7 Å². The first kappa shape index (κ1) is 17.5. The van der Waals surface area contributed by atoms with Crippen LogP contribution in [0.3, 0.4) is 0 Å². The Balaban J connectivity index is 0. The van der Waals surface area contributed by atoms with E-state index in [1.54, 1.807) is 13.8 Å². The van der Waals surface area contributed by atoms with Gasteiger partial charge in [0.05, 0.1) is 0 Å². The van der Waals surface area contributed by atoms with Crippen molar-refractivity contribution in [1.82, 2.24) is 41.2 Å². The molecule has 0 atom stereocenters. The molecule has 2 aromatic rings. The summed E-state index contributed by atoms with van der Waals surface area (Å²) in [5, 5.41) is 35.1. The van der Waals surface area contributed by atoms with Crippen LogP contribution in [0.25, 0.3) is 0 Å². The molecule has 12 nitrogen and oxygen atoms in total. The van der Waals surface area contributed by atoms with Crippen molar-refractivity contribution in [3.63, 3.8) is 0 Å². The Morgan fingerprint density at radius 3 is 1.22 bits per heavy atom. The zero-order chi connectivity index (χ0) is 14.2. The molecule has 0 aliphatic carbocycles. The standard InChI is InChI=1S/2C2H6N2.2CHN4/c2*1-2(3)4;2*1-2-4-5-3-1/h2*1H3,(H3,3,4);2*1H/q;;2*-1/p+2. The second kappa shape index (κ2) is 14.1. The maximum absolute atomic E-state index is 4.81. The maximum atomic E-state index is 4.81. The van der Waals surface area contributed by atoms with Crippen molar-refractivity contribution in [1.29, 1.82) is 0 Å². The highest BCUT2D eigenvalue weighted by Crippen LogP contribution is 1.41. The molecule has 2 rings (SSSR count). The molecule has 8 N–H and O–H groups in total. The van der Waals surface area contributed by atoms with Gasteiger partial charge >= 0.3 is 0 Å². The first-order valence-electron chi connectivity index (χ1n) is 4.39. The van der Waals surface area contributed by atoms with Crippen LogP contribution in [-0.4, -0.2) is 42.7 Å². The quantitative estimate of drug-likeness (QED) is 0.258. The monoisotopic (exact) mass is 256 g/mol. The minimum atomic E-state index is 0.417. The van der Waals surface area contributed by atoms with Crippen molar-refractivity contribution in [2.75, 3.05) is 0 Å². The van der Waals surface area contributed by atoms with Crippen LogP contribution < -0.4 is 32.5 Å². The van der Waals surface area contributed by atoms with Gasteiger partial charge in [0, 0.05) is 13.8 Å². The molecule has 2 heterocycles. The number of hydrogen-bond donors (Lipinski definition) is 4. The van der Waals surface area contributed by atoms with E-state index in [4.69, 9.17) is 22.3 Å². The Bertz CT molecular complexity index is 283. The molecule has 0 aliphatic heterocycles. The highest BCUT2D eigenvalue weighted by molar-refractivity contribution is 5.70. The minimum Gasteiger partial charge on any atom is -0.339 e. The Morgan fingerprint density at radius 2 is 1.17 bits per heavy atom. The zero-order valence-electron chi connectivity index (χ0n) is 10.0. The number of amidine groups is 2. The molecule has 0 bridgehead atoms. The number of nitrogens with zero attached hydrogens (tertiary/aromatic N) is 8. The highest BCUT2D eigenvalue weighted by atomic mass is 15.5. The second-order valence-electron chi connectivity index (χ2n) is 2.54. The number of rotatable bonds is 0. The fourth-order valence-corrected chi connectivity index (χ4v) is 0.231. The van der Waals surface area contributed by atoms with Gasteiger partial charge in [0.15, 0.2) is 0 Å². The van der Waals surface area contributed by atoms with E-state index in [0.717, 1.165) is 0 Å². The van der Waals surface area contributed by atoms with E-state index in [2.05, 4.69) is 41.2 Å². The van der Waals surface area contributed by atoms with E-state index < -0.39 is 0 Å². The van der Waals surface area contributed by atoms with Crippen LogP contribution in [0.5, 0.6) is 0 Å². The average Bonchev–Trinajstić information content (AvgIpc) is 2.96. The van der Waals surface area contributed by atoms with Crippen LogP contribution in [0.4, 0.5) is 0 Å². The summed E-state index contributed by atoms with van der Waals surface area (Å²) in [4.78, 5) is 0. The molecule has 100 valence electrons. The molecule has 0 radical (unpaired) electrons. The first-order chi connectivity index (χ1) is 8.46. The van der Waals surface area contributed by atoms with Crippen LogP contribution in [0.1, 0.15) is 13.8 Å². The summed E-state index contributed by atoms with van der Waals surface area (Å²) in [5.74, 6) is 0.833. The van der Waals surface area contributed by atoms with E-state index in [9.17, 15) is 0 Å². The smallest absolute Gasteiger partial charge is 0.235 e. The van der Waals surface area contributed by atoms with Crippen molar-refractivity contribution in [2.24, 2.45) is 11.5 Å². The Labute approximate surface area is 103 Å². The van der Waals surface area contributed by atoms with Crippen molar-refractivity contribution in [3.8, 4) is 0 Å². The van der Waals surface area contributed by atoms with Crippen molar-refractivity contribution in [3.05, 3.63) is 12.7 Å². The minimum absolute atomic E-state index is 0.417. The van der Waals surface area contributed by atoms with E-state index in [1.807, 2.05) is 0 Å². The molecule has 0 amide bonds. The predicted octanol–water partition coefficient (Wildman–Crippen LogP) is -6.10. The summed E-state index contributed by atoms with van der Waals surface area (Å²) >= 11 is 0. The van der Waals surface area contributed by atoms with Crippen LogP contribution in [0.2, 0.25) is 0 Å². The molecule has 0 aromatic carbocycles. The summed E-state index contributed by atoms with van der Waals surface area (Å²) in [5.41, 5.74) is 9.61. The van der Waals surface area contributed by atoms with Gasteiger partial charge in [-0.15, -0.1) is 0 Å². The molecule has 0 aliphatic rings. The summed E-state index contributed by atoms with van der Waals surface area (Å²) < 4.78 is 0. The van der Waals surface area contributed by atoms with Crippen molar-refractivity contribution < 1.29 is 10.8 Å². The number of aromatic nitrogens is 8. The third-order valence-corrected chi connectivity index (χ3v) is 0.493. The van der Waals surface area contributed by atoms with Crippen LogP contribution >= 0.6 is 0 Å². The lowest BCUT2D eigenvalue weighted by Gasteiger charge is -1.58. The van der Waals surface area contributed by atoms with E-state index in [-0.39, 0.29) is 0 Å². The first-order valence-corrected chi connectivity index (χ1v) is 4.39. The third-order valence-electron chi connectivity index (χ3n) is 0.493. The zero-order valence-corrected chi connectivity index (χ0v) is 10.0. The lowest BCUT2D eigenvalue weighted by Crippen LogP contribution is -2.43. The predicted molar refractivity (Wildman–Crippen MR) is 59.9 cm³/mol. The summed E-state index contributed by atoms with van der Waals surface area (Å²) in [6.07, 6.45) is 2.56. The lowest BCUT2D eigenvalue weighted by atomic mass is 10.8.